The number of hydrogen-bond donors (Lipinski definition) is 4. The van der Waals surface area contributed by atoms with E-state index in [1.54, 1.807) is 6.20 Å². The molecule has 9 heteroatoms. The Morgan fingerprint density at radius 2 is 1.78 bits per heavy atom. The summed E-state index contributed by atoms with van der Waals surface area (Å²) in [6, 6.07) is 9.60. The zero-order valence-corrected chi connectivity index (χ0v) is 21.1. The number of Topliss-reactive ketones (excluding diaryl/α,β-unsaturated/α-hetero) is 1. The Bertz CT molecular complexity index is 1090. The van der Waals surface area contributed by atoms with Gasteiger partial charge in [0.15, 0.2) is 18.0 Å². The number of likely N-dealkylation sites (tertiary alicyclic amines) is 1. The van der Waals surface area contributed by atoms with Gasteiger partial charge >= 0.3 is 11.9 Å². The van der Waals surface area contributed by atoms with Gasteiger partial charge in [0.05, 0.1) is 5.52 Å². The van der Waals surface area contributed by atoms with Gasteiger partial charge < -0.3 is 25.3 Å². The summed E-state index contributed by atoms with van der Waals surface area (Å²) in [6.45, 7) is 13.8. The van der Waals surface area contributed by atoms with Crippen LogP contribution in [0, 0.1) is 11.8 Å². The molecule has 4 N–H and O–H groups in total. The molecule has 0 amide bonds. The van der Waals surface area contributed by atoms with E-state index < -0.39 is 24.1 Å². The Morgan fingerprint density at radius 3 is 2.38 bits per heavy atom. The van der Waals surface area contributed by atoms with Gasteiger partial charge in [-0.25, -0.2) is 9.59 Å². The number of carboxylic acids is 2. The van der Waals surface area contributed by atoms with Crippen molar-refractivity contribution in [2.24, 2.45) is 11.8 Å². The maximum Gasteiger partial charge on any atom is 0.335 e. The third-order valence-electron chi connectivity index (χ3n) is 6.55. The molecule has 1 aromatic carbocycles. The van der Waals surface area contributed by atoms with Crippen LogP contribution in [-0.2, 0) is 9.59 Å². The fraction of sp³-hybridized carbons (Fsp3) is 0.429. The number of aliphatic hydroxyl groups excluding tert-OH is 2. The van der Waals surface area contributed by atoms with Crippen molar-refractivity contribution in [3.8, 4) is 0 Å². The average Bonchev–Trinajstić information content (AvgIpc) is 2.90. The maximum atomic E-state index is 13.1. The van der Waals surface area contributed by atoms with Crippen molar-refractivity contribution in [1.82, 2.24) is 9.88 Å². The standard InChI is InChI=1S/C24H30N2O.C4H6O6/c1-4-6-14-26-15-12-20(19(5-2)17-26)16-18(3)24(27)22-11-13-25-23-10-8-7-9-21(22)23;5-1(3(7)8)2(6)4(9)10/h5,7-11,13,19-20H,2-4,6,12,14-17H2,1H3;1-2,5-6H,(H,7,8)(H,9,10)/t19-,20-;/m0./s1. The average molecular weight is 513 g/mol. The molecule has 1 fully saturated rings. The van der Waals surface area contributed by atoms with Crippen LogP contribution < -0.4 is 0 Å². The van der Waals surface area contributed by atoms with Crippen molar-refractivity contribution in [2.75, 3.05) is 19.6 Å². The molecule has 2 unspecified atom stereocenters. The smallest absolute Gasteiger partial charge is 0.335 e. The number of aliphatic carboxylic acids is 2. The van der Waals surface area contributed by atoms with E-state index in [2.05, 4.69) is 36.0 Å². The molecular formula is C28H36N2O7. The number of aromatic nitrogens is 1. The van der Waals surface area contributed by atoms with Crippen LogP contribution in [0.4, 0.5) is 0 Å². The third kappa shape index (κ3) is 8.31. The Kier molecular flexibility index (Phi) is 11.6. The molecule has 2 aromatic rings. The summed E-state index contributed by atoms with van der Waals surface area (Å²) >= 11 is 0. The number of para-hydroxylation sites is 1. The Labute approximate surface area is 216 Å². The molecule has 3 rings (SSSR count). The second-order valence-corrected chi connectivity index (χ2v) is 9.18. The van der Waals surface area contributed by atoms with Crippen molar-refractivity contribution in [3.05, 3.63) is 66.9 Å². The molecule has 0 spiro atoms. The number of carboxylic acid groups (broad SMARTS) is 2. The van der Waals surface area contributed by atoms with Crippen molar-refractivity contribution in [2.45, 2.75) is 44.8 Å². The summed E-state index contributed by atoms with van der Waals surface area (Å²) in [7, 11) is 0. The molecule has 37 heavy (non-hydrogen) atoms. The van der Waals surface area contributed by atoms with Crippen LogP contribution in [0.5, 0.6) is 0 Å². The van der Waals surface area contributed by atoms with E-state index >= 15 is 0 Å². The second kappa shape index (κ2) is 14.4. The molecular weight excluding hydrogens is 476 g/mol. The lowest BCUT2D eigenvalue weighted by Gasteiger charge is -2.37. The molecule has 0 aliphatic carbocycles. The highest BCUT2D eigenvalue weighted by molar-refractivity contribution is 6.15. The van der Waals surface area contributed by atoms with Crippen LogP contribution >= 0.6 is 0 Å². The number of hydrogen-bond acceptors (Lipinski definition) is 7. The van der Waals surface area contributed by atoms with Gasteiger partial charge in [0.2, 0.25) is 0 Å². The summed E-state index contributed by atoms with van der Waals surface area (Å²) < 4.78 is 0. The van der Waals surface area contributed by atoms with E-state index in [-0.39, 0.29) is 5.78 Å². The number of benzene rings is 1. The van der Waals surface area contributed by atoms with Gasteiger partial charge in [-0.2, -0.15) is 0 Å². The zero-order valence-electron chi connectivity index (χ0n) is 21.1. The molecule has 1 aliphatic rings. The summed E-state index contributed by atoms with van der Waals surface area (Å²) in [5.41, 5.74) is 2.26. The van der Waals surface area contributed by atoms with Gasteiger partial charge in [-0.15, -0.1) is 6.58 Å². The quantitative estimate of drug-likeness (QED) is 0.202. The minimum atomic E-state index is -2.27. The number of allylic oxidation sites excluding steroid dienone is 1. The number of nitrogens with zero attached hydrogens (tertiary/aromatic N) is 2. The number of piperidine rings is 1. The number of carbonyl (C=O) groups is 3. The number of unbranched alkanes of at least 4 members (excludes halogenated alkanes) is 1. The van der Waals surface area contributed by atoms with E-state index in [4.69, 9.17) is 20.4 Å². The first-order valence-corrected chi connectivity index (χ1v) is 12.3. The number of carbonyl (C=O) groups excluding carboxylic acids is 1. The Balaban J connectivity index is 0.000000410. The monoisotopic (exact) mass is 512 g/mol. The number of rotatable bonds is 11. The van der Waals surface area contributed by atoms with Gasteiger partial charge in [0.25, 0.3) is 0 Å². The molecule has 9 nitrogen and oxygen atoms in total. The van der Waals surface area contributed by atoms with E-state index in [0.717, 1.165) is 43.4 Å². The zero-order chi connectivity index (χ0) is 27.5. The molecule has 1 saturated heterocycles. The Hall–Kier alpha value is -3.40. The van der Waals surface area contributed by atoms with Crippen LogP contribution in [0.25, 0.3) is 10.9 Å². The van der Waals surface area contributed by atoms with Gasteiger partial charge in [0.1, 0.15) is 0 Å². The van der Waals surface area contributed by atoms with E-state index in [1.807, 2.05) is 30.3 Å². The highest BCUT2D eigenvalue weighted by atomic mass is 16.4. The summed E-state index contributed by atoms with van der Waals surface area (Å²) in [6.07, 6.45) is 3.57. The minimum absolute atomic E-state index is 0.0461. The minimum Gasteiger partial charge on any atom is -0.479 e. The van der Waals surface area contributed by atoms with Crippen LogP contribution in [0.2, 0.25) is 0 Å². The fourth-order valence-corrected chi connectivity index (χ4v) is 4.37. The number of pyridine rings is 1. The molecule has 0 saturated carbocycles. The summed E-state index contributed by atoms with van der Waals surface area (Å²) in [5, 5.41) is 33.4. The molecule has 0 bridgehead atoms. The predicted octanol–water partition coefficient (Wildman–Crippen LogP) is 3.17. The Morgan fingerprint density at radius 1 is 1.14 bits per heavy atom. The van der Waals surface area contributed by atoms with E-state index in [9.17, 15) is 14.4 Å². The molecule has 1 aromatic heterocycles. The topological polar surface area (TPSA) is 148 Å². The third-order valence-corrected chi connectivity index (χ3v) is 6.55. The summed E-state index contributed by atoms with van der Waals surface area (Å²) in [5.74, 6) is -2.62. The molecule has 200 valence electrons. The lowest BCUT2D eigenvalue weighted by atomic mass is 9.80. The van der Waals surface area contributed by atoms with Crippen molar-refractivity contribution < 1.29 is 34.8 Å². The van der Waals surface area contributed by atoms with Crippen LogP contribution in [-0.4, -0.2) is 79.9 Å². The highest BCUT2D eigenvalue weighted by Gasteiger charge is 2.30. The summed E-state index contributed by atoms with van der Waals surface area (Å²) in [4.78, 5) is 39.5. The van der Waals surface area contributed by atoms with Crippen LogP contribution in [0.15, 0.2) is 61.3 Å². The van der Waals surface area contributed by atoms with Gasteiger partial charge in [-0.05, 0) is 61.9 Å². The first-order chi connectivity index (χ1) is 17.6. The molecule has 4 atom stereocenters. The second-order valence-electron chi connectivity index (χ2n) is 9.18. The van der Waals surface area contributed by atoms with Crippen molar-refractivity contribution in [3.63, 3.8) is 0 Å². The maximum absolute atomic E-state index is 13.1. The first-order valence-electron chi connectivity index (χ1n) is 12.3. The lowest BCUT2D eigenvalue weighted by Crippen LogP contribution is -2.40. The normalized spacial score (nSPS) is 19.2. The van der Waals surface area contributed by atoms with Crippen molar-refractivity contribution >= 4 is 28.6 Å². The molecule has 1 aliphatic heterocycles. The van der Waals surface area contributed by atoms with Gasteiger partial charge in [-0.3, -0.25) is 9.78 Å². The van der Waals surface area contributed by atoms with Gasteiger partial charge in [-0.1, -0.05) is 44.2 Å². The largest absolute Gasteiger partial charge is 0.479 e. The number of fused-ring (bicyclic) bond motifs is 1. The first kappa shape index (κ1) is 29.8. The fourth-order valence-electron chi connectivity index (χ4n) is 4.37. The van der Waals surface area contributed by atoms with E-state index in [1.165, 1.54) is 12.8 Å². The van der Waals surface area contributed by atoms with Crippen LogP contribution in [0.3, 0.4) is 0 Å². The molecule has 2 heterocycles. The lowest BCUT2D eigenvalue weighted by molar-refractivity contribution is -0.165. The number of aliphatic hydroxyl groups is 2. The molecule has 0 radical (unpaired) electrons. The van der Waals surface area contributed by atoms with Gasteiger partial charge in [0, 0.05) is 23.7 Å². The SMILES string of the molecule is C=C[C@H]1CN(CCCC)CC[C@H]1CC(=C)C(=O)c1ccnc2ccccc12.O=C(O)C(O)C(O)C(=O)O. The van der Waals surface area contributed by atoms with Crippen LogP contribution in [0.1, 0.15) is 43.0 Å². The number of ketones is 1. The van der Waals surface area contributed by atoms with Crippen molar-refractivity contribution in [1.29, 1.82) is 0 Å². The van der Waals surface area contributed by atoms with E-state index in [0.29, 0.717) is 23.0 Å². The predicted molar refractivity (Wildman–Crippen MR) is 140 cm³/mol. The highest BCUT2D eigenvalue weighted by Crippen LogP contribution is 2.31.